The van der Waals surface area contributed by atoms with Crippen LogP contribution in [0, 0.1) is 0 Å². The molecule has 21 heavy (non-hydrogen) atoms. The Bertz CT molecular complexity index is 288. The number of guanidine groups is 1. The molecule has 0 unspecified atom stereocenters. The minimum atomic E-state index is 0. The molecule has 2 N–H and O–H groups in total. The molecule has 0 radical (unpaired) electrons. The minimum Gasteiger partial charge on any atom is -0.355 e. The van der Waals surface area contributed by atoms with Crippen LogP contribution in [0.3, 0.4) is 0 Å². The minimum absolute atomic E-state index is 0. The maximum Gasteiger partial charge on any atom is 0.191 e. The molecule has 0 bridgehead atoms. The molecule has 0 aromatic heterocycles. The molecule has 0 saturated carbocycles. The molecule has 0 spiro atoms. The van der Waals surface area contributed by atoms with Gasteiger partial charge in [-0.3, -0.25) is 4.99 Å². The van der Waals surface area contributed by atoms with E-state index in [-0.39, 0.29) is 24.0 Å². The summed E-state index contributed by atoms with van der Waals surface area (Å²) in [6, 6.07) is 1.22. The van der Waals surface area contributed by atoms with Crippen LogP contribution in [0.15, 0.2) is 4.99 Å². The van der Waals surface area contributed by atoms with Crippen LogP contribution in [0.2, 0.25) is 0 Å². The zero-order valence-corrected chi connectivity index (χ0v) is 16.7. The van der Waals surface area contributed by atoms with Crippen molar-refractivity contribution in [2.24, 2.45) is 4.99 Å². The number of hydrogen-bond donors (Lipinski definition) is 2. The number of aliphatic imine (C=N–C) groups is 1. The van der Waals surface area contributed by atoms with E-state index < -0.39 is 0 Å². The summed E-state index contributed by atoms with van der Waals surface area (Å²) in [5, 5.41) is 6.95. The van der Waals surface area contributed by atoms with E-state index in [9.17, 15) is 0 Å². The largest absolute Gasteiger partial charge is 0.355 e. The molecule has 1 fully saturated rings. The fourth-order valence-corrected chi connectivity index (χ4v) is 2.47. The molecule has 1 heterocycles. The Kier molecular flexibility index (Phi) is 11.4. The summed E-state index contributed by atoms with van der Waals surface area (Å²) in [7, 11) is 3.99. The standard InChI is InChI=1S/C15H33N5.HI/c1-6-19(5)12-9-17-15(16-4)18-14-7-10-20(11-8-14)13(2)3;/h13-14H,6-12H2,1-5H3,(H2,16,17,18);1H. The first-order valence-electron chi connectivity index (χ1n) is 7.96. The normalized spacial score (nSPS) is 18.0. The Balaban J connectivity index is 0.00000400. The molecular formula is C15H34IN5. The number of piperidine rings is 1. The topological polar surface area (TPSA) is 42.9 Å². The molecule has 126 valence electrons. The van der Waals surface area contributed by atoms with Crippen molar-refractivity contribution < 1.29 is 0 Å². The smallest absolute Gasteiger partial charge is 0.191 e. The van der Waals surface area contributed by atoms with Crippen molar-refractivity contribution in [3.8, 4) is 0 Å². The van der Waals surface area contributed by atoms with Crippen LogP contribution in [-0.2, 0) is 0 Å². The molecule has 6 heteroatoms. The molecule has 0 aliphatic carbocycles. The number of rotatable bonds is 6. The SMILES string of the molecule is CCN(C)CCNC(=NC)NC1CCN(C(C)C)CC1.I. The Morgan fingerprint density at radius 3 is 2.43 bits per heavy atom. The Hall–Kier alpha value is -0.0800. The number of nitrogens with one attached hydrogen (secondary N) is 2. The average molecular weight is 411 g/mol. The molecule has 1 rings (SSSR count). The molecule has 5 nitrogen and oxygen atoms in total. The van der Waals surface area contributed by atoms with Gasteiger partial charge in [0.25, 0.3) is 0 Å². The van der Waals surface area contributed by atoms with Crippen LogP contribution in [0.1, 0.15) is 33.6 Å². The van der Waals surface area contributed by atoms with E-state index in [2.05, 4.69) is 53.2 Å². The summed E-state index contributed by atoms with van der Waals surface area (Å²) < 4.78 is 0. The maximum atomic E-state index is 4.32. The summed E-state index contributed by atoms with van der Waals surface area (Å²) >= 11 is 0. The van der Waals surface area contributed by atoms with Crippen LogP contribution < -0.4 is 10.6 Å². The summed E-state index contributed by atoms with van der Waals surface area (Å²) in [6.45, 7) is 12.2. The summed E-state index contributed by atoms with van der Waals surface area (Å²) in [6.07, 6.45) is 2.40. The first-order chi connectivity index (χ1) is 9.56. The van der Waals surface area contributed by atoms with E-state index in [0.29, 0.717) is 12.1 Å². The highest BCUT2D eigenvalue weighted by Crippen LogP contribution is 2.12. The Labute approximate surface area is 148 Å². The van der Waals surface area contributed by atoms with Gasteiger partial charge in [0.05, 0.1) is 0 Å². The van der Waals surface area contributed by atoms with Gasteiger partial charge in [0.15, 0.2) is 5.96 Å². The van der Waals surface area contributed by atoms with Gasteiger partial charge in [0, 0.05) is 45.3 Å². The van der Waals surface area contributed by atoms with Crippen LogP contribution in [-0.4, -0.2) is 74.7 Å². The second-order valence-corrected chi connectivity index (χ2v) is 5.94. The van der Waals surface area contributed by atoms with Gasteiger partial charge in [0.2, 0.25) is 0 Å². The third-order valence-corrected chi connectivity index (χ3v) is 4.15. The van der Waals surface area contributed by atoms with Gasteiger partial charge < -0.3 is 20.4 Å². The van der Waals surface area contributed by atoms with Crippen molar-refractivity contribution in [2.75, 3.05) is 46.8 Å². The van der Waals surface area contributed by atoms with Gasteiger partial charge in [-0.25, -0.2) is 0 Å². The predicted octanol–water partition coefficient (Wildman–Crippen LogP) is 1.59. The highest BCUT2D eigenvalue weighted by atomic mass is 127. The van der Waals surface area contributed by atoms with Gasteiger partial charge in [-0.15, -0.1) is 24.0 Å². The van der Waals surface area contributed by atoms with Crippen molar-refractivity contribution in [1.82, 2.24) is 20.4 Å². The summed E-state index contributed by atoms with van der Waals surface area (Å²) in [4.78, 5) is 9.16. The van der Waals surface area contributed by atoms with E-state index in [1.165, 1.54) is 25.9 Å². The van der Waals surface area contributed by atoms with Crippen LogP contribution in [0.4, 0.5) is 0 Å². The number of likely N-dealkylation sites (N-methyl/N-ethyl adjacent to an activating group) is 1. The van der Waals surface area contributed by atoms with Crippen LogP contribution in [0.25, 0.3) is 0 Å². The van der Waals surface area contributed by atoms with Gasteiger partial charge >= 0.3 is 0 Å². The van der Waals surface area contributed by atoms with Crippen molar-refractivity contribution >= 4 is 29.9 Å². The quantitative estimate of drug-likeness (QED) is 0.396. The number of likely N-dealkylation sites (tertiary alicyclic amines) is 1. The van der Waals surface area contributed by atoms with Crippen molar-refractivity contribution in [3.05, 3.63) is 0 Å². The van der Waals surface area contributed by atoms with E-state index in [1.807, 2.05) is 7.05 Å². The number of halogens is 1. The van der Waals surface area contributed by atoms with E-state index in [4.69, 9.17) is 0 Å². The van der Waals surface area contributed by atoms with Crippen molar-refractivity contribution in [2.45, 2.75) is 45.7 Å². The lowest BCUT2D eigenvalue weighted by Crippen LogP contribution is -2.50. The fourth-order valence-electron chi connectivity index (χ4n) is 2.47. The third kappa shape index (κ3) is 8.21. The first kappa shape index (κ1) is 20.9. The Morgan fingerprint density at radius 1 is 1.33 bits per heavy atom. The first-order valence-corrected chi connectivity index (χ1v) is 7.96. The Morgan fingerprint density at radius 2 is 1.95 bits per heavy atom. The molecule has 0 atom stereocenters. The van der Waals surface area contributed by atoms with E-state index in [0.717, 1.165) is 25.6 Å². The lowest BCUT2D eigenvalue weighted by molar-refractivity contribution is 0.167. The van der Waals surface area contributed by atoms with Gasteiger partial charge in [-0.2, -0.15) is 0 Å². The van der Waals surface area contributed by atoms with Crippen LogP contribution >= 0.6 is 24.0 Å². The van der Waals surface area contributed by atoms with E-state index in [1.54, 1.807) is 0 Å². The molecular weight excluding hydrogens is 377 g/mol. The van der Waals surface area contributed by atoms with Crippen LogP contribution in [0.5, 0.6) is 0 Å². The van der Waals surface area contributed by atoms with Crippen molar-refractivity contribution in [1.29, 1.82) is 0 Å². The van der Waals surface area contributed by atoms with E-state index >= 15 is 0 Å². The molecule has 0 aromatic carbocycles. The monoisotopic (exact) mass is 411 g/mol. The zero-order valence-electron chi connectivity index (χ0n) is 14.4. The maximum absolute atomic E-state index is 4.32. The summed E-state index contributed by atoms with van der Waals surface area (Å²) in [5.74, 6) is 0.942. The van der Waals surface area contributed by atoms with Gasteiger partial charge in [-0.05, 0) is 40.3 Å². The number of hydrogen-bond acceptors (Lipinski definition) is 3. The van der Waals surface area contributed by atoms with Gasteiger partial charge in [0.1, 0.15) is 0 Å². The molecule has 1 aliphatic heterocycles. The van der Waals surface area contributed by atoms with Crippen molar-refractivity contribution in [3.63, 3.8) is 0 Å². The average Bonchev–Trinajstić information content (AvgIpc) is 2.46. The number of nitrogens with zero attached hydrogens (tertiary/aromatic N) is 3. The molecule has 1 aliphatic rings. The molecule has 0 aromatic rings. The van der Waals surface area contributed by atoms with Gasteiger partial charge in [-0.1, -0.05) is 6.92 Å². The second-order valence-electron chi connectivity index (χ2n) is 5.94. The lowest BCUT2D eigenvalue weighted by atomic mass is 10.0. The predicted molar refractivity (Wildman–Crippen MR) is 103 cm³/mol. The zero-order chi connectivity index (χ0) is 15.0. The highest BCUT2D eigenvalue weighted by Gasteiger charge is 2.21. The second kappa shape index (κ2) is 11.5. The molecule has 0 amide bonds. The fraction of sp³-hybridized carbons (Fsp3) is 0.933. The summed E-state index contributed by atoms with van der Waals surface area (Å²) in [5.41, 5.74) is 0. The lowest BCUT2D eigenvalue weighted by Gasteiger charge is -2.35. The highest BCUT2D eigenvalue weighted by molar-refractivity contribution is 14.0. The third-order valence-electron chi connectivity index (χ3n) is 4.15. The molecule has 1 saturated heterocycles.